The molecule has 0 bridgehead atoms. The van der Waals surface area contributed by atoms with Gasteiger partial charge < -0.3 is 35.2 Å². The molecule has 2 aliphatic heterocycles. The fraction of sp³-hybridized carbons (Fsp3) is 0.632. The third-order valence-electron chi connectivity index (χ3n) is 10.3. The summed E-state index contributed by atoms with van der Waals surface area (Å²) in [6.07, 6.45) is 6.84. The third kappa shape index (κ3) is 9.00. The van der Waals surface area contributed by atoms with Crippen LogP contribution >= 0.6 is 0 Å². The molecular formula is C38H54N6O8. The van der Waals surface area contributed by atoms with Crippen molar-refractivity contribution < 1.29 is 38.2 Å². The van der Waals surface area contributed by atoms with Crippen LogP contribution in [0.1, 0.15) is 83.7 Å². The number of epoxide rings is 1. The minimum atomic E-state index is -0.954. The normalized spacial score (nSPS) is 23.7. The van der Waals surface area contributed by atoms with Gasteiger partial charge in [-0.1, -0.05) is 76.8 Å². The number of fused-ring (bicyclic) bond motifs is 1. The Hall–Kier alpha value is -4.30. The summed E-state index contributed by atoms with van der Waals surface area (Å²) in [6, 6.07) is 6.21. The molecule has 2 saturated heterocycles. The van der Waals surface area contributed by atoms with E-state index in [9.17, 15) is 28.8 Å². The number of benzene rings is 1. The fourth-order valence-electron chi connectivity index (χ4n) is 7.47. The number of nitrogens with zero attached hydrogens (tertiary/aromatic N) is 2. The number of nitrogens with one attached hydrogen (secondary N) is 4. The van der Waals surface area contributed by atoms with Crippen molar-refractivity contribution in [3.63, 3.8) is 0 Å². The Morgan fingerprint density at radius 2 is 1.73 bits per heavy atom. The highest BCUT2D eigenvalue weighted by Crippen LogP contribution is 2.57. The molecule has 2 aliphatic carbocycles. The molecule has 0 spiro atoms. The Morgan fingerprint density at radius 1 is 1.02 bits per heavy atom. The molecule has 14 heteroatoms. The van der Waals surface area contributed by atoms with Gasteiger partial charge in [-0.2, -0.15) is 0 Å². The zero-order chi connectivity index (χ0) is 37.6. The molecule has 0 radical (unpaired) electrons. The molecule has 4 aliphatic rings. The third-order valence-corrected chi connectivity index (χ3v) is 10.3. The van der Waals surface area contributed by atoms with Gasteiger partial charge in [0.25, 0.3) is 5.91 Å². The SMILES string of the molecule is CCCC(NC1OC1C12C=C1CCN2C(=O)C(NC(=O)OCC(C)C)C1CCCCC1)C(=O)C(=O)NCC(=O)NC(C(=O)N(C)C)c1ccccc1. The monoisotopic (exact) mass is 722 g/mol. The maximum Gasteiger partial charge on any atom is 0.407 e. The lowest BCUT2D eigenvalue weighted by molar-refractivity contribution is -0.140. The largest absolute Gasteiger partial charge is 0.449 e. The molecule has 6 unspecified atom stereocenters. The van der Waals surface area contributed by atoms with Gasteiger partial charge in [0.15, 0.2) is 0 Å². The van der Waals surface area contributed by atoms with Gasteiger partial charge in [-0.3, -0.25) is 29.3 Å². The van der Waals surface area contributed by atoms with Crippen molar-refractivity contribution >= 4 is 35.5 Å². The highest BCUT2D eigenvalue weighted by molar-refractivity contribution is 6.38. The summed E-state index contributed by atoms with van der Waals surface area (Å²) in [6.45, 7) is 6.06. The average Bonchev–Trinajstić information content (AvgIpc) is 4.05. The van der Waals surface area contributed by atoms with Crippen molar-refractivity contribution in [3.8, 4) is 0 Å². The molecule has 2 heterocycles. The topological polar surface area (TPSA) is 179 Å². The number of ether oxygens (including phenoxy) is 2. The number of alkyl carbamates (subject to hydrolysis) is 1. The van der Waals surface area contributed by atoms with E-state index in [4.69, 9.17) is 9.47 Å². The summed E-state index contributed by atoms with van der Waals surface area (Å²) in [7, 11) is 3.17. The molecule has 284 valence electrons. The smallest absolute Gasteiger partial charge is 0.407 e. The summed E-state index contributed by atoms with van der Waals surface area (Å²) >= 11 is 0. The number of Topliss-reactive ketones (excluding diaryl/α,β-unsaturated/α-hetero) is 1. The van der Waals surface area contributed by atoms with Gasteiger partial charge in [0.1, 0.15) is 30.0 Å². The van der Waals surface area contributed by atoms with Gasteiger partial charge in [0.05, 0.1) is 19.2 Å². The summed E-state index contributed by atoms with van der Waals surface area (Å²) in [5.41, 5.74) is 0.942. The molecule has 6 atom stereocenters. The number of hydrogen-bond donors (Lipinski definition) is 4. The Bertz CT molecular complexity index is 1530. The molecule has 14 nitrogen and oxygen atoms in total. The van der Waals surface area contributed by atoms with Crippen LogP contribution in [0.3, 0.4) is 0 Å². The molecule has 52 heavy (non-hydrogen) atoms. The van der Waals surface area contributed by atoms with Crippen molar-refractivity contribution in [3.05, 3.63) is 47.5 Å². The van der Waals surface area contributed by atoms with Crippen LogP contribution in [-0.4, -0.2) is 109 Å². The minimum Gasteiger partial charge on any atom is -0.449 e. The van der Waals surface area contributed by atoms with Gasteiger partial charge in [0, 0.05) is 20.6 Å². The number of rotatable bonds is 17. The molecule has 1 saturated carbocycles. The lowest BCUT2D eigenvalue weighted by Gasteiger charge is -2.36. The van der Waals surface area contributed by atoms with E-state index >= 15 is 0 Å². The highest BCUT2D eigenvalue weighted by atomic mass is 16.6. The number of amides is 5. The molecule has 5 rings (SSSR count). The van der Waals surface area contributed by atoms with E-state index in [0.29, 0.717) is 31.4 Å². The Labute approximate surface area is 305 Å². The quantitative estimate of drug-likeness (QED) is 0.107. The summed E-state index contributed by atoms with van der Waals surface area (Å²) in [5.74, 6) is -2.62. The molecule has 4 N–H and O–H groups in total. The van der Waals surface area contributed by atoms with E-state index in [1.165, 1.54) is 4.90 Å². The first kappa shape index (κ1) is 38.9. The maximum atomic E-state index is 14.3. The summed E-state index contributed by atoms with van der Waals surface area (Å²) in [5, 5.41) is 11.1. The van der Waals surface area contributed by atoms with Gasteiger partial charge in [-0.05, 0) is 54.7 Å². The number of carbonyl (C=O) groups is 6. The molecular weight excluding hydrogens is 668 g/mol. The summed E-state index contributed by atoms with van der Waals surface area (Å²) < 4.78 is 11.5. The average molecular weight is 723 g/mol. The van der Waals surface area contributed by atoms with E-state index in [0.717, 1.165) is 37.7 Å². The van der Waals surface area contributed by atoms with Crippen LogP contribution in [-0.2, 0) is 33.4 Å². The van der Waals surface area contributed by atoms with Crippen LogP contribution in [0.15, 0.2) is 42.0 Å². The minimum absolute atomic E-state index is 0.00610. The standard InChI is InChI=1S/C38H54N6O8/c1-6-13-27(31(46)33(47)39-21-28(45)41-29(35(48)43(4)5)24-14-9-7-10-15-24)40-34-32(52-34)38-20-26(38)18-19-44(38)36(49)30(25-16-11-8-12-17-25)42-37(50)51-22-23(2)3/h7,9-10,14-15,20,23,25,27,29-30,32,34,40H,6,8,11-13,16-19,21-22H2,1-5H3,(H,39,47)(H,41,45)(H,42,50). The first-order chi connectivity index (χ1) is 24.9. The molecule has 0 aromatic heterocycles. The lowest BCUT2D eigenvalue weighted by atomic mass is 9.83. The van der Waals surface area contributed by atoms with E-state index < -0.39 is 66.2 Å². The number of ketones is 1. The zero-order valence-corrected chi connectivity index (χ0v) is 30.9. The van der Waals surface area contributed by atoms with Crippen LogP contribution in [0.5, 0.6) is 0 Å². The van der Waals surface area contributed by atoms with Gasteiger partial charge >= 0.3 is 6.09 Å². The highest BCUT2D eigenvalue weighted by Gasteiger charge is 2.69. The number of carbonyl (C=O) groups excluding carboxylic acids is 6. The molecule has 1 aromatic rings. The van der Waals surface area contributed by atoms with Crippen molar-refractivity contribution in [1.29, 1.82) is 0 Å². The van der Waals surface area contributed by atoms with Crippen molar-refractivity contribution in [2.24, 2.45) is 11.8 Å². The van der Waals surface area contributed by atoms with Crippen molar-refractivity contribution in [2.45, 2.75) is 108 Å². The second-order valence-corrected chi connectivity index (χ2v) is 14.9. The van der Waals surface area contributed by atoms with E-state index in [-0.39, 0.29) is 30.3 Å². The Morgan fingerprint density at radius 3 is 2.37 bits per heavy atom. The first-order valence-corrected chi connectivity index (χ1v) is 18.6. The Balaban J connectivity index is 1.18. The van der Waals surface area contributed by atoms with E-state index in [1.54, 1.807) is 44.4 Å². The summed E-state index contributed by atoms with van der Waals surface area (Å²) in [4.78, 5) is 82.2. The van der Waals surface area contributed by atoms with Crippen molar-refractivity contribution in [2.75, 3.05) is 33.8 Å². The van der Waals surface area contributed by atoms with Crippen LogP contribution in [0, 0.1) is 11.8 Å². The molecule has 1 aromatic carbocycles. The van der Waals surface area contributed by atoms with Gasteiger partial charge in [-0.15, -0.1) is 0 Å². The predicted octanol–water partition coefficient (Wildman–Crippen LogP) is 2.34. The lowest BCUT2D eigenvalue weighted by Crippen LogP contribution is -2.57. The van der Waals surface area contributed by atoms with Crippen LogP contribution in [0.4, 0.5) is 4.79 Å². The number of likely N-dealkylation sites (tertiary alicyclic amines) is 1. The van der Waals surface area contributed by atoms with Crippen LogP contribution in [0.2, 0.25) is 0 Å². The predicted molar refractivity (Wildman–Crippen MR) is 191 cm³/mol. The van der Waals surface area contributed by atoms with E-state index in [1.807, 2.05) is 31.7 Å². The zero-order valence-electron chi connectivity index (χ0n) is 30.9. The van der Waals surface area contributed by atoms with Crippen LogP contribution < -0.4 is 21.3 Å². The Kier molecular flexibility index (Phi) is 12.7. The second-order valence-electron chi connectivity index (χ2n) is 14.9. The van der Waals surface area contributed by atoms with E-state index in [2.05, 4.69) is 21.3 Å². The van der Waals surface area contributed by atoms with Gasteiger partial charge in [-0.25, -0.2) is 4.79 Å². The molecule has 5 amide bonds. The second kappa shape index (κ2) is 17.0. The molecule has 3 fully saturated rings. The number of hydrogen-bond acceptors (Lipinski definition) is 9. The van der Waals surface area contributed by atoms with Crippen molar-refractivity contribution in [1.82, 2.24) is 31.1 Å². The van der Waals surface area contributed by atoms with Crippen LogP contribution in [0.25, 0.3) is 0 Å². The maximum absolute atomic E-state index is 14.3. The number of likely N-dealkylation sites (N-methyl/N-ethyl adjacent to an activating group) is 1. The van der Waals surface area contributed by atoms with Gasteiger partial charge in [0.2, 0.25) is 23.5 Å². The first-order valence-electron chi connectivity index (χ1n) is 18.6. The fourth-order valence-corrected chi connectivity index (χ4v) is 7.47.